The topological polar surface area (TPSA) is 24.9 Å². The number of halogens is 2. The molecule has 1 aromatic carbocycles. The van der Waals surface area contributed by atoms with Crippen molar-refractivity contribution in [3.8, 4) is 0 Å². The summed E-state index contributed by atoms with van der Waals surface area (Å²) in [6.45, 7) is 1.84. The molecule has 0 spiro atoms. The molecule has 1 aliphatic rings. The third-order valence-corrected chi connectivity index (χ3v) is 4.49. The minimum atomic E-state index is -0.256. The van der Waals surface area contributed by atoms with E-state index in [1.165, 1.54) is 10.9 Å². The molecule has 0 atom stereocenters. The maximum atomic E-state index is 13.7. The molecule has 2 heterocycles. The van der Waals surface area contributed by atoms with Gasteiger partial charge in [0.15, 0.2) is 0 Å². The van der Waals surface area contributed by atoms with E-state index in [0.717, 1.165) is 30.2 Å². The van der Waals surface area contributed by atoms with E-state index in [2.05, 4.69) is 10.3 Å². The summed E-state index contributed by atoms with van der Waals surface area (Å²) < 4.78 is 13.7. The van der Waals surface area contributed by atoms with Crippen LogP contribution >= 0.6 is 22.9 Å². The molecule has 0 radical (unpaired) electrons. The highest BCUT2D eigenvalue weighted by Crippen LogP contribution is 2.27. The highest BCUT2D eigenvalue weighted by molar-refractivity contribution is 7.11. The van der Waals surface area contributed by atoms with Crippen molar-refractivity contribution < 1.29 is 4.39 Å². The molecule has 0 saturated heterocycles. The number of aromatic nitrogens is 1. The van der Waals surface area contributed by atoms with Crippen LogP contribution in [0.15, 0.2) is 18.2 Å². The molecule has 2 nitrogen and oxygen atoms in total. The van der Waals surface area contributed by atoms with Gasteiger partial charge in [-0.1, -0.05) is 17.7 Å². The van der Waals surface area contributed by atoms with Crippen molar-refractivity contribution in [3.05, 3.63) is 50.2 Å². The molecule has 0 saturated carbocycles. The van der Waals surface area contributed by atoms with Gasteiger partial charge in [0.05, 0.1) is 10.7 Å². The van der Waals surface area contributed by atoms with Crippen molar-refractivity contribution >= 4 is 22.9 Å². The lowest BCUT2D eigenvalue weighted by Crippen LogP contribution is -2.22. The number of rotatable bonds is 2. The van der Waals surface area contributed by atoms with E-state index in [9.17, 15) is 4.39 Å². The Labute approximate surface area is 114 Å². The summed E-state index contributed by atoms with van der Waals surface area (Å²) in [5, 5.41) is 4.73. The van der Waals surface area contributed by atoms with Gasteiger partial charge in [-0.3, -0.25) is 0 Å². The Morgan fingerprint density at radius 2 is 2.33 bits per heavy atom. The van der Waals surface area contributed by atoms with Crippen molar-refractivity contribution in [1.29, 1.82) is 0 Å². The van der Waals surface area contributed by atoms with Gasteiger partial charge in [0.1, 0.15) is 5.82 Å². The molecule has 5 heteroatoms. The molecule has 2 aromatic rings. The summed E-state index contributed by atoms with van der Waals surface area (Å²) >= 11 is 7.68. The lowest BCUT2D eigenvalue weighted by molar-refractivity contribution is 0.613. The van der Waals surface area contributed by atoms with Crippen molar-refractivity contribution in [2.24, 2.45) is 0 Å². The van der Waals surface area contributed by atoms with Crippen LogP contribution in [0.3, 0.4) is 0 Å². The third kappa shape index (κ3) is 2.28. The van der Waals surface area contributed by atoms with Crippen LogP contribution in [0, 0.1) is 5.82 Å². The minimum absolute atomic E-state index is 0.256. The monoisotopic (exact) mass is 282 g/mol. The highest BCUT2D eigenvalue weighted by Gasteiger charge is 2.16. The van der Waals surface area contributed by atoms with Gasteiger partial charge < -0.3 is 5.32 Å². The maximum Gasteiger partial charge on any atom is 0.128 e. The van der Waals surface area contributed by atoms with Crippen LogP contribution in [0.2, 0.25) is 5.02 Å². The van der Waals surface area contributed by atoms with Gasteiger partial charge in [-0.25, -0.2) is 9.37 Å². The number of nitrogens with zero attached hydrogens (tertiary/aromatic N) is 1. The predicted octanol–water partition coefficient (Wildman–Crippen LogP) is 3.17. The lowest BCUT2D eigenvalue weighted by Gasteiger charge is -2.09. The van der Waals surface area contributed by atoms with E-state index < -0.39 is 0 Å². The first-order chi connectivity index (χ1) is 8.74. The van der Waals surface area contributed by atoms with Crippen LogP contribution in [-0.4, -0.2) is 11.5 Å². The standard InChI is InChI=1S/C13H12ClFN2S/c14-9-2-1-3-10(15)8(9)6-13-17-11-4-5-16-7-12(11)18-13/h1-3,16H,4-7H2. The van der Waals surface area contributed by atoms with Gasteiger partial charge in [-0.2, -0.15) is 0 Å². The second-order valence-electron chi connectivity index (χ2n) is 4.28. The number of fused-ring (bicyclic) bond motifs is 1. The van der Waals surface area contributed by atoms with Crippen LogP contribution in [0.1, 0.15) is 21.1 Å². The molecule has 1 aromatic heterocycles. The Kier molecular flexibility index (Phi) is 3.33. The zero-order valence-corrected chi connectivity index (χ0v) is 11.2. The molecule has 1 aliphatic heterocycles. The van der Waals surface area contributed by atoms with Crippen molar-refractivity contribution in [1.82, 2.24) is 10.3 Å². The summed E-state index contributed by atoms with van der Waals surface area (Å²) in [6, 6.07) is 4.78. The molecule has 0 fully saturated rings. The molecule has 18 heavy (non-hydrogen) atoms. The van der Waals surface area contributed by atoms with Crippen LogP contribution < -0.4 is 5.32 Å². The largest absolute Gasteiger partial charge is 0.311 e. The Morgan fingerprint density at radius 1 is 1.44 bits per heavy atom. The highest BCUT2D eigenvalue weighted by atomic mass is 35.5. The summed E-state index contributed by atoms with van der Waals surface area (Å²) in [5.41, 5.74) is 1.69. The van der Waals surface area contributed by atoms with E-state index in [0.29, 0.717) is 17.0 Å². The minimum Gasteiger partial charge on any atom is -0.311 e. The normalized spacial score (nSPS) is 14.6. The van der Waals surface area contributed by atoms with Crippen molar-refractivity contribution in [3.63, 3.8) is 0 Å². The van der Waals surface area contributed by atoms with Gasteiger partial charge >= 0.3 is 0 Å². The number of hydrogen-bond donors (Lipinski definition) is 1. The Bertz CT molecular complexity index is 539. The van der Waals surface area contributed by atoms with Gasteiger partial charge in [-0.05, 0) is 12.1 Å². The molecule has 1 N–H and O–H groups in total. The summed E-state index contributed by atoms with van der Waals surface area (Å²) in [7, 11) is 0. The number of benzene rings is 1. The van der Waals surface area contributed by atoms with Gasteiger partial charge in [0, 0.05) is 41.4 Å². The number of nitrogens with one attached hydrogen (secondary N) is 1. The van der Waals surface area contributed by atoms with E-state index in [-0.39, 0.29) is 5.82 Å². The maximum absolute atomic E-state index is 13.7. The fourth-order valence-electron chi connectivity index (χ4n) is 2.11. The third-order valence-electron chi connectivity index (χ3n) is 3.04. The first kappa shape index (κ1) is 12.1. The van der Waals surface area contributed by atoms with Gasteiger partial charge in [0.25, 0.3) is 0 Å². The van der Waals surface area contributed by atoms with E-state index in [1.54, 1.807) is 23.5 Å². The van der Waals surface area contributed by atoms with Crippen LogP contribution in [0.25, 0.3) is 0 Å². The zero-order valence-electron chi connectivity index (χ0n) is 9.67. The average Bonchev–Trinajstić information content (AvgIpc) is 2.76. The lowest BCUT2D eigenvalue weighted by atomic mass is 10.1. The van der Waals surface area contributed by atoms with Gasteiger partial charge in [0.2, 0.25) is 0 Å². The summed E-state index contributed by atoms with van der Waals surface area (Å²) in [5.74, 6) is -0.256. The molecule has 0 unspecified atom stereocenters. The number of thiazole rings is 1. The van der Waals surface area contributed by atoms with Crippen LogP contribution in [0.4, 0.5) is 4.39 Å². The van der Waals surface area contributed by atoms with E-state index in [1.807, 2.05) is 0 Å². The molecule has 0 aliphatic carbocycles. The molecule has 3 rings (SSSR count). The molecular weight excluding hydrogens is 271 g/mol. The second-order valence-corrected chi connectivity index (χ2v) is 5.86. The Hall–Kier alpha value is -0.970. The quantitative estimate of drug-likeness (QED) is 0.915. The fourth-order valence-corrected chi connectivity index (χ4v) is 3.43. The van der Waals surface area contributed by atoms with Gasteiger partial charge in [-0.15, -0.1) is 11.3 Å². The zero-order chi connectivity index (χ0) is 12.5. The smallest absolute Gasteiger partial charge is 0.128 e. The average molecular weight is 283 g/mol. The molecule has 0 bridgehead atoms. The summed E-state index contributed by atoms with van der Waals surface area (Å²) in [4.78, 5) is 5.85. The fraction of sp³-hybridized carbons (Fsp3) is 0.308. The Balaban J connectivity index is 1.90. The first-order valence-corrected chi connectivity index (χ1v) is 7.04. The number of hydrogen-bond acceptors (Lipinski definition) is 3. The van der Waals surface area contributed by atoms with Crippen molar-refractivity contribution in [2.75, 3.05) is 6.54 Å². The predicted molar refractivity (Wildman–Crippen MR) is 71.7 cm³/mol. The molecule has 94 valence electrons. The first-order valence-electron chi connectivity index (χ1n) is 5.85. The molecular formula is C13H12ClFN2S. The van der Waals surface area contributed by atoms with E-state index in [4.69, 9.17) is 11.6 Å². The SMILES string of the molecule is Fc1cccc(Cl)c1Cc1nc2c(s1)CNCC2. The van der Waals surface area contributed by atoms with Crippen LogP contribution in [-0.2, 0) is 19.4 Å². The molecule has 0 amide bonds. The van der Waals surface area contributed by atoms with E-state index >= 15 is 0 Å². The second kappa shape index (κ2) is 4.96. The van der Waals surface area contributed by atoms with Crippen LogP contribution in [0.5, 0.6) is 0 Å². The van der Waals surface area contributed by atoms with Crippen molar-refractivity contribution in [2.45, 2.75) is 19.4 Å². The summed E-state index contributed by atoms with van der Waals surface area (Å²) in [6.07, 6.45) is 1.43. The Morgan fingerprint density at radius 3 is 3.11 bits per heavy atom.